The van der Waals surface area contributed by atoms with Crippen LogP contribution in [-0.2, 0) is 19.7 Å². The van der Waals surface area contributed by atoms with Gasteiger partial charge in [-0.1, -0.05) is 43.1 Å². The molecule has 3 heterocycles. The molecule has 3 fully saturated rings. The summed E-state index contributed by atoms with van der Waals surface area (Å²) in [4.78, 5) is 32.8. The highest BCUT2D eigenvalue weighted by Gasteiger charge is 2.73. The van der Waals surface area contributed by atoms with Crippen molar-refractivity contribution in [2.24, 2.45) is 5.41 Å². The SMILES string of the molecule is COCC1(O)CCC(NC(=O)[C@@H]2NC3(CCC(C)(C)CC3)[C@@]3(C(=O)Nc4cc(Cl)ccc43)[C@H]2c2ccnc(Cl)c2F)CC1. The van der Waals surface area contributed by atoms with Gasteiger partial charge in [0.05, 0.1) is 18.2 Å². The van der Waals surface area contributed by atoms with Crippen LogP contribution in [0.4, 0.5) is 10.1 Å². The Bertz CT molecular complexity index is 1440. The van der Waals surface area contributed by atoms with Gasteiger partial charge in [-0.2, -0.15) is 0 Å². The van der Waals surface area contributed by atoms with Crippen LogP contribution in [0.15, 0.2) is 30.5 Å². The number of ether oxygens (including phenoxy) is 1. The molecule has 2 aliphatic carbocycles. The minimum absolute atomic E-state index is 0.0498. The Labute approximate surface area is 261 Å². The van der Waals surface area contributed by atoms with Crippen LogP contribution in [0.1, 0.15) is 82.3 Å². The quantitative estimate of drug-likeness (QED) is 0.335. The Morgan fingerprint density at radius 2 is 1.84 bits per heavy atom. The fraction of sp³-hybridized carbons (Fsp3) is 0.594. The van der Waals surface area contributed by atoms with Crippen molar-refractivity contribution in [3.63, 3.8) is 0 Å². The topological polar surface area (TPSA) is 113 Å². The van der Waals surface area contributed by atoms with Crippen LogP contribution in [0, 0.1) is 11.2 Å². The van der Waals surface area contributed by atoms with Crippen LogP contribution in [0.2, 0.25) is 10.2 Å². The number of anilines is 1. The second-order valence-corrected chi connectivity index (χ2v) is 14.5. The van der Waals surface area contributed by atoms with E-state index >= 15 is 4.39 Å². The molecule has 1 saturated heterocycles. The van der Waals surface area contributed by atoms with E-state index in [0.29, 0.717) is 54.8 Å². The number of carbonyl (C=O) groups is 2. The van der Waals surface area contributed by atoms with Crippen LogP contribution >= 0.6 is 23.2 Å². The molecule has 0 bridgehead atoms. The number of nitrogens with zero attached hydrogens (tertiary/aromatic N) is 1. The molecular formula is C32H39Cl2FN4O4. The first-order valence-electron chi connectivity index (χ1n) is 15.1. The summed E-state index contributed by atoms with van der Waals surface area (Å²) >= 11 is 12.6. The van der Waals surface area contributed by atoms with Crippen molar-refractivity contribution in [2.75, 3.05) is 19.0 Å². The molecule has 2 aromatic rings. The van der Waals surface area contributed by atoms with E-state index in [1.54, 1.807) is 19.2 Å². The first-order chi connectivity index (χ1) is 20.3. The lowest BCUT2D eigenvalue weighted by Crippen LogP contribution is -2.61. The van der Waals surface area contributed by atoms with E-state index in [1.165, 1.54) is 12.3 Å². The standard InChI is InChI=1S/C32H39Cl2FN4O4/c1-29(2)11-13-31(14-12-29)32(21-5-4-18(33)16-22(21)38-28(32)41)23(20-8-15-36-26(34)24(20)35)25(39-31)27(40)37-19-6-9-30(42,10-7-19)17-43-3/h4-5,8,15-16,19,23,25,39,42H,6-7,9-14,17H2,1-3H3,(H,37,40)(H,38,41)/t19?,23-,25+,30?,32+/m0/s1. The molecule has 4 N–H and O–H groups in total. The van der Waals surface area contributed by atoms with Gasteiger partial charge >= 0.3 is 0 Å². The maximum absolute atomic E-state index is 16.0. The molecule has 1 aromatic heterocycles. The molecule has 6 rings (SSSR count). The molecule has 43 heavy (non-hydrogen) atoms. The summed E-state index contributed by atoms with van der Waals surface area (Å²) in [6, 6.07) is 5.71. The van der Waals surface area contributed by atoms with Gasteiger partial charge in [0.15, 0.2) is 11.0 Å². The monoisotopic (exact) mass is 632 g/mol. The minimum Gasteiger partial charge on any atom is -0.387 e. The van der Waals surface area contributed by atoms with E-state index in [9.17, 15) is 14.7 Å². The molecule has 8 nitrogen and oxygen atoms in total. The fourth-order valence-corrected chi connectivity index (χ4v) is 8.67. The van der Waals surface area contributed by atoms with Gasteiger partial charge < -0.3 is 20.5 Å². The summed E-state index contributed by atoms with van der Waals surface area (Å²) in [6.07, 6.45) is 6.41. The Morgan fingerprint density at radius 1 is 1.14 bits per heavy atom. The molecule has 2 spiro atoms. The number of amides is 2. The first-order valence-corrected chi connectivity index (χ1v) is 15.8. The zero-order chi connectivity index (χ0) is 30.8. The highest BCUT2D eigenvalue weighted by molar-refractivity contribution is 6.31. The molecule has 232 valence electrons. The van der Waals surface area contributed by atoms with Crippen LogP contribution in [0.5, 0.6) is 0 Å². The van der Waals surface area contributed by atoms with Crippen LogP contribution < -0.4 is 16.0 Å². The van der Waals surface area contributed by atoms with Gasteiger partial charge in [0, 0.05) is 41.5 Å². The summed E-state index contributed by atoms with van der Waals surface area (Å²) in [5, 5.41) is 20.9. The van der Waals surface area contributed by atoms with Crippen molar-refractivity contribution in [1.82, 2.24) is 15.6 Å². The van der Waals surface area contributed by atoms with Crippen molar-refractivity contribution in [3.8, 4) is 0 Å². The number of hydrogen-bond donors (Lipinski definition) is 4. The van der Waals surface area contributed by atoms with Gasteiger partial charge in [-0.15, -0.1) is 0 Å². The van der Waals surface area contributed by atoms with Crippen LogP contribution in [0.3, 0.4) is 0 Å². The number of fused-ring (bicyclic) bond motifs is 3. The van der Waals surface area contributed by atoms with Crippen molar-refractivity contribution in [3.05, 3.63) is 57.6 Å². The zero-order valence-corrected chi connectivity index (χ0v) is 26.2. The number of aromatic nitrogens is 1. The molecule has 1 aromatic carbocycles. The molecule has 0 unspecified atom stereocenters. The summed E-state index contributed by atoms with van der Waals surface area (Å²) in [6.45, 7) is 4.66. The first kappa shape index (κ1) is 30.7. The zero-order valence-electron chi connectivity index (χ0n) is 24.7. The Morgan fingerprint density at radius 3 is 2.51 bits per heavy atom. The number of methoxy groups -OCH3 is 1. The van der Waals surface area contributed by atoms with E-state index < -0.39 is 34.3 Å². The normalized spacial score (nSPS) is 32.5. The summed E-state index contributed by atoms with van der Waals surface area (Å²) in [5.41, 5.74) is -1.59. The van der Waals surface area contributed by atoms with Crippen molar-refractivity contribution in [1.29, 1.82) is 0 Å². The average molecular weight is 634 g/mol. The maximum Gasteiger partial charge on any atom is 0.238 e. The summed E-state index contributed by atoms with van der Waals surface area (Å²) in [7, 11) is 1.56. The number of pyridine rings is 1. The third-order valence-corrected chi connectivity index (χ3v) is 11.1. The third-order valence-electron chi connectivity index (χ3n) is 10.6. The summed E-state index contributed by atoms with van der Waals surface area (Å²) < 4.78 is 21.2. The minimum atomic E-state index is -1.32. The predicted octanol–water partition coefficient (Wildman–Crippen LogP) is 5.25. The Balaban J connectivity index is 1.47. The lowest BCUT2D eigenvalue weighted by molar-refractivity contribution is -0.125. The summed E-state index contributed by atoms with van der Waals surface area (Å²) in [5.74, 6) is -2.26. The highest BCUT2D eigenvalue weighted by atomic mass is 35.5. The number of aliphatic hydroxyl groups is 1. The second-order valence-electron chi connectivity index (χ2n) is 13.7. The van der Waals surface area contributed by atoms with Gasteiger partial charge in [-0.3, -0.25) is 14.9 Å². The van der Waals surface area contributed by atoms with Crippen molar-refractivity contribution < 1.29 is 23.8 Å². The van der Waals surface area contributed by atoms with Gasteiger partial charge in [-0.05, 0) is 86.1 Å². The van der Waals surface area contributed by atoms with E-state index in [1.807, 2.05) is 6.07 Å². The Hall–Kier alpha value is -2.30. The van der Waals surface area contributed by atoms with Gasteiger partial charge in [0.25, 0.3) is 0 Å². The Kier molecular flexibility index (Phi) is 7.82. The lowest BCUT2D eigenvalue weighted by Gasteiger charge is -2.50. The lowest BCUT2D eigenvalue weighted by atomic mass is 9.53. The smallest absolute Gasteiger partial charge is 0.238 e. The molecule has 0 radical (unpaired) electrons. The number of nitrogens with one attached hydrogen (secondary N) is 3. The van der Waals surface area contributed by atoms with Gasteiger partial charge in [0.2, 0.25) is 11.8 Å². The molecule has 2 amide bonds. The molecule has 2 aliphatic heterocycles. The number of rotatable bonds is 5. The van der Waals surface area contributed by atoms with Gasteiger partial charge in [0.1, 0.15) is 5.41 Å². The average Bonchev–Trinajstić information content (AvgIpc) is 3.41. The van der Waals surface area contributed by atoms with E-state index in [4.69, 9.17) is 27.9 Å². The van der Waals surface area contributed by atoms with E-state index in [-0.39, 0.29) is 40.6 Å². The second kappa shape index (κ2) is 10.9. The van der Waals surface area contributed by atoms with E-state index in [0.717, 1.165) is 12.8 Å². The largest absolute Gasteiger partial charge is 0.387 e. The van der Waals surface area contributed by atoms with Crippen LogP contribution in [-0.4, -0.2) is 58.8 Å². The number of carbonyl (C=O) groups excluding carboxylic acids is 2. The van der Waals surface area contributed by atoms with Crippen molar-refractivity contribution >= 4 is 40.7 Å². The van der Waals surface area contributed by atoms with Gasteiger partial charge in [-0.25, -0.2) is 9.37 Å². The molecule has 11 heteroatoms. The number of hydrogen-bond acceptors (Lipinski definition) is 6. The molecule has 3 atom stereocenters. The predicted molar refractivity (Wildman–Crippen MR) is 163 cm³/mol. The molecule has 2 saturated carbocycles. The number of halogens is 3. The highest BCUT2D eigenvalue weighted by Crippen LogP contribution is 2.64. The molecule has 4 aliphatic rings. The molecular weight excluding hydrogens is 594 g/mol. The third kappa shape index (κ3) is 4.96. The van der Waals surface area contributed by atoms with Crippen molar-refractivity contribution in [2.45, 2.75) is 99.8 Å². The van der Waals surface area contributed by atoms with E-state index in [2.05, 4.69) is 34.8 Å². The van der Waals surface area contributed by atoms with Crippen LogP contribution in [0.25, 0.3) is 0 Å². The maximum atomic E-state index is 16.0. The fourth-order valence-electron chi connectivity index (χ4n) is 8.33. The number of benzene rings is 1.